The topological polar surface area (TPSA) is 66.5 Å². The molecule has 0 radical (unpaired) electrons. The molecule has 1 amide bonds. The summed E-state index contributed by atoms with van der Waals surface area (Å²) in [5.41, 5.74) is 1.24. The molecule has 134 valence electrons. The van der Waals surface area contributed by atoms with Gasteiger partial charge in [0.15, 0.2) is 0 Å². The van der Waals surface area contributed by atoms with Crippen LogP contribution in [0, 0.1) is 5.92 Å². The van der Waals surface area contributed by atoms with E-state index in [0.717, 1.165) is 25.7 Å². The van der Waals surface area contributed by atoms with Gasteiger partial charge < -0.3 is 4.90 Å². The lowest BCUT2D eigenvalue weighted by molar-refractivity contribution is -0.130. The molecule has 5 nitrogen and oxygen atoms in total. The fourth-order valence-electron chi connectivity index (χ4n) is 3.39. The van der Waals surface area contributed by atoms with E-state index in [1.54, 1.807) is 0 Å². The quantitative estimate of drug-likeness (QED) is 0.780. The molecule has 24 heavy (non-hydrogen) atoms. The molecule has 1 aliphatic rings. The number of rotatable bonds is 8. The van der Waals surface area contributed by atoms with Gasteiger partial charge in [-0.3, -0.25) is 4.79 Å². The Morgan fingerprint density at radius 2 is 1.96 bits per heavy atom. The van der Waals surface area contributed by atoms with Crippen LogP contribution in [0.15, 0.2) is 30.3 Å². The van der Waals surface area contributed by atoms with Crippen molar-refractivity contribution in [3.63, 3.8) is 0 Å². The Hall–Kier alpha value is -1.40. The van der Waals surface area contributed by atoms with Crippen LogP contribution in [0.2, 0.25) is 0 Å². The summed E-state index contributed by atoms with van der Waals surface area (Å²) in [6.45, 7) is 3.23. The maximum atomic E-state index is 12.4. The first-order valence-electron chi connectivity index (χ1n) is 8.68. The zero-order chi connectivity index (χ0) is 17.6. The highest BCUT2D eigenvalue weighted by atomic mass is 32.2. The van der Waals surface area contributed by atoms with Gasteiger partial charge in [-0.1, -0.05) is 43.7 Å². The third kappa shape index (κ3) is 5.91. The van der Waals surface area contributed by atoms with Crippen molar-refractivity contribution in [2.24, 2.45) is 5.92 Å². The van der Waals surface area contributed by atoms with Crippen LogP contribution >= 0.6 is 0 Å². The van der Waals surface area contributed by atoms with Crippen molar-refractivity contribution in [3.8, 4) is 0 Å². The molecule has 0 unspecified atom stereocenters. The second kappa shape index (κ2) is 8.62. The summed E-state index contributed by atoms with van der Waals surface area (Å²) >= 11 is 0. The highest BCUT2D eigenvalue weighted by molar-refractivity contribution is 7.88. The summed E-state index contributed by atoms with van der Waals surface area (Å²) in [5.74, 6) is 0.340. The molecule has 1 saturated heterocycles. The van der Waals surface area contributed by atoms with E-state index in [9.17, 15) is 13.2 Å². The number of aryl methyl sites for hydroxylation is 1. The van der Waals surface area contributed by atoms with Crippen molar-refractivity contribution in [2.45, 2.75) is 45.1 Å². The average molecular weight is 353 g/mol. The first-order valence-corrected chi connectivity index (χ1v) is 10.6. The number of amides is 1. The second-order valence-corrected chi connectivity index (χ2v) is 8.46. The minimum Gasteiger partial charge on any atom is -0.341 e. The van der Waals surface area contributed by atoms with Crippen LogP contribution in [0.4, 0.5) is 0 Å². The number of benzene rings is 1. The van der Waals surface area contributed by atoms with Gasteiger partial charge >= 0.3 is 0 Å². The molecule has 2 rings (SSSR count). The molecular weight excluding hydrogens is 324 g/mol. The van der Waals surface area contributed by atoms with Gasteiger partial charge in [-0.05, 0) is 30.7 Å². The van der Waals surface area contributed by atoms with E-state index in [-0.39, 0.29) is 17.9 Å². The van der Waals surface area contributed by atoms with Gasteiger partial charge in [0, 0.05) is 25.6 Å². The number of nitrogens with zero attached hydrogens (tertiary/aromatic N) is 1. The van der Waals surface area contributed by atoms with Gasteiger partial charge in [0.25, 0.3) is 0 Å². The van der Waals surface area contributed by atoms with Crippen LogP contribution in [0.3, 0.4) is 0 Å². The molecule has 0 aromatic heterocycles. The van der Waals surface area contributed by atoms with E-state index < -0.39 is 10.0 Å². The van der Waals surface area contributed by atoms with E-state index in [2.05, 4.69) is 23.8 Å². The van der Waals surface area contributed by atoms with Gasteiger partial charge in [0.2, 0.25) is 15.9 Å². The monoisotopic (exact) mass is 352 g/mol. The number of hydrogen-bond acceptors (Lipinski definition) is 3. The molecule has 1 aromatic rings. The largest absolute Gasteiger partial charge is 0.341 e. The molecule has 0 saturated carbocycles. The minimum absolute atomic E-state index is 0.129. The molecule has 1 aromatic carbocycles. The Balaban J connectivity index is 1.85. The molecule has 6 heteroatoms. The van der Waals surface area contributed by atoms with E-state index in [4.69, 9.17) is 0 Å². The molecule has 0 spiro atoms. The van der Waals surface area contributed by atoms with E-state index >= 15 is 0 Å². The fourth-order valence-corrected chi connectivity index (χ4v) is 4.21. The van der Waals surface area contributed by atoms with Crippen LogP contribution in [0.25, 0.3) is 0 Å². The average Bonchev–Trinajstić information content (AvgIpc) is 2.90. The second-order valence-electron chi connectivity index (χ2n) is 6.68. The zero-order valence-corrected chi connectivity index (χ0v) is 15.4. The Labute approximate surface area is 145 Å². The van der Waals surface area contributed by atoms with Gasteiger partial charge in [-0.25, -0.2) is 13.1 Å². The fraction of sp³-hybridized carbons (Fsp3) is 0.611. The first-order chi connectivity index (χ1) is 11.4. The van der Waals surface area contributed by atoms with Crippen molar-refractivity contribution in [2.75, 3.05) is 19.3 Å². The zero-order valence-electron chi connectivity index (χ0n) is 14.6. The van der Waals surface area contributed by atoms with Gasteiger partial charge in [-0.15, -0.1) is 0 Å². The number of sulfonamides is 1. The summed E-state index contributed by atoms with van der Waals surface area (Å²) < 4.78 is 25.8. The predicted molar refractivity (Wildman–Crippen MR) is 96.1 cm³/mol. The molecule has 2 atom stereocenters. The summed E-state index contributed by atoms with van der Waals surface area (Å²) in [7, 11) is -3.25. The molecule has 1 N–H and O–H groups in total. The standard InChI is InChI=1S/C18H28N2O3S/c1-3-8-16-13-20(14-17(16)19-24(2,22)23)18(21)12-7-11-15-9-5-4-6-10-15/h4-6,9-10,16-17,19H,3,7-8,11-14H2,1-2H3/t16-,17-/m1/s1. The van der Waals surface area contributed by atoms with E-state index in [0.29, 0.717) is 19.5 Å². The predicted octanol–water partition coefficient (Wildman–Crippen LogP) is 2.19. The molecule has 1 aliphatic heterocycles. The Kier molecular flexibility index (Phi) is 6.80. The number of carbonyl (C=O) groups excluding carboxylic acids is 1. The first kappa shape index (κ1) is 18.9. The van der Waals surface area contributed by atoms with Crippen molar-refractivity contribution in [1.29, 1.82) is 0 Å². The van der Waals surface area contributed by atoms with Crippen molar-refractivity contribution in [3.05, 3.63) is 35.9 Å². The lowest BCUT2D eigenvalue weighted by Gasteiger charge is -2.17. The lowest BCUT2D eigenvalue weighted by atomic mass is 9.99. The van der Waals surface area contributed by atoms with Crippen LogP contribution in [0.5, 0.6) is 0 Å². The van der Waals surface area contributed by atoms with Crippen molar-refractivity contribution in [1.82, 2.24) is 9.62 Å². The van der Waals surface area contributed by atoms with E-state index in [1.807, 2.05) is 23.1 Å². The van der Waals surface area contributed by atoms with Crippen LogP contribution in [-0.4, -0.2) is 44.6 Å². The number of nitrogens with one attached hydrogen (secondary N) is 1. The Morgan fingerprint density at radius 3 is 2.58 bits per heavy atom. The molecule has 0 aliphatic carbocycles. The summed E-state index contributed by atoms with van der Waals surface area (Å²) in [4.78, 5) is 14.3. The summed E-state index contributed by atoms with van der Waals surface area (Å²) in [6.07, 6.45) is 5.33. The van der Waals surface area contributed by atoms with Crippen LogP contribution < -0.4 is 4.72 Å². The molecule has 0 bridgehead atoms. The van der Waals surface area contributed by atoms with Crippen LogP contribution in [0.1, 0.15) is 38.2 Å². The summed E-state index contributed by atoms with van der Waals surface area (Å²) in [6, 6.07) is 10.00. The SMILES string of the molecule is CCC[C@@H]1CN(C(=O)CCCc2ccccc2)C[C@H]1NS(C)(=O)=O. The molecular formula is C18H28N2O3S. The normalized spacial score (nSPS) is 21.2. The number of carbonyl (C=O) groups is 1. The Bertz CT molecular complexity index is 631. The maximum absolute atomic E-state index is 12.4. The minimum atomic E-state index is -3.25. The van der Waals surface area contributed by atoms with Gasteiger partial charge in [-0.2, -0.15) is 0 Å². The van der Waals surface area contributed by atoms with Crippen molar-refractivity contribution >= 4 is 15.9 Å². The molecule has 1 fully saturated rings. The number of likely N-dealkylation sites (tertiary alicyclic amines) is 1. The van der Waals surface area contributed by atoms with E-state index in [1.165, 1.54) is 11.8 Å². The third-order valence-electron chi connectivity index (χ3n) is 4.52. The smallest absolute Gasteiger partial charge is 0.222 e. The highest BCUT2D eigenvalue weighted by Crippen LogP contribution is 2.23. The number of hydrogen-bond donors (Lipinski definition) is 1. The maximum Gasteiger partial charge on any atom is 0.222 e. The lowest BCUT2D eigenvalue weighted by Crippen LogP contribution is -2.40. The van der Waals surface area contributed by atoms with Gasteiger partial charge in [0.1, 0.15) is 0 Å². The summed E-state index contributed by atoms with van der Waals surface area (Å²) in [5, 5.41) is 0. The third-order valence-corrected chi connectivity index (χ3v) is 5.25. The Morgan fingerprint density at radius 1 is 1.25 bits per heavy atom. The highest BCUT2D eigenvalue weighted by Gasteiger charge is 2.35. The van der Waals surface area contributed by atoms with Crippen LogP contribution in [-0.2, 0) is 21.2 Å². The van der Waals surface area contributed by atoms with Gasteiger partial charge in [0.05, 0.1) is 6.26 Å². The molecule has 1 heterocycles. The van der Waals surface area contributed by atoms with Crippen molar-refractivity contribution < 1.29 is 13.2 Å².